The van der Waals surface area contributed by atoms with E-state index in [2.05, 4.69) is 28.7 Å². The van der Waals surface area contributed by atoms with Crippen LogP contribution in [0.25, 0.3) is 0 Å². The van der Waals surface area contributed by atoms with Gasteiger partial charge in [0.25, 0.3) is 0 Å². The highest BCUT2D eigenvalue weighted by molar-refractivity contribution is 4.99. The van der Waals surface area contributed by atoms with Crippen LogP contribution >= 0.6 is 0 Å². The lowest BCUT2D eigenvalue weighted by atomic mass is 9.94. The number of nitrogens with zero attached hydrogens (tertiary/aromatic N) is 2. The molecule has 0 unspecified atom stereocenters. The van der Waals surface area contributed by atoms with Gasteiger partial charge in [-0.25, -0.2) is 4.98 Å². The molecule has 1 aliphatic heterocycles. The maximum absolute atomic E-state index is 10.3. The van der Waals surface area contributed by atoms with Crippen molar-refractivity contribution in [3.8, 4) is 0 Å². The minimum absolute atomic E-state index is 0.412. The molecule has 0 atom stereocenters. The summed E-state index contributed by atoms with van der Waals surface area (Å²) >= 11 is 0. The predicted octanol–water partition coefficient (Wildman–Crippen LogP) is 1.10. The molecule has 0 aromatic carbocycles. The van der Waals surface area contributed by atoms with Gasteiger partial charge < -0.3 is 19.7 Å². The summed E-state index contributed by atoms with van der Waals surface area (Å²) < 4.78 is 7.41. The van der Waals surface area contributed by atoms with E-state index in [9.17, 15) is 5.11 Å². The van der Waals surface area contributed by atoms with Gasteiger partial charge in [0.2, 0.25) is 0 Å². The second kappa shape index (κ2) is 5.82. The second-order valence-corrected chi connectivity index (χ2v) is 5.33. The van der Waals surface area contributed by atoms with Crippen molar-refractivity contribution in [2.45, 2.75) is 44.9 Å². The summed E-state index contributed by atoms with van der Waals surface area (Å²) in [6, 6.07) is 0.412. The van der Waals surface area contributed by atoms with Crippen LogP contribution in [0.15, 0.2) is 12.5 Å². The normalized spacial score (nSPS) is 19.3. The summed E-state index contributed by atoms with van der Waals surface area (Å²) in [6.45, 7) is 6.93. The topological polar surface area (TPSA) is 59.3 Å². The lowest BCUT2D eigenvalue weighted by Gasteiger charge is -2.32. The Morgan fingerprint density at radius 2 is 2.22 bits per heavy atom. The third-order valence-electron chi connectivity index (χ3n) is 3.49. The molecule has 0 bridgehead atoms. The Kier molecular flexibility index (Phi) is 4.37. The fourth-order valence-corrected chi connectivity index (χ4v) is 2.29. The molecule has 1 aliphatic rings. The van der Waals surface area contributed by atoms with Crippen LogP contribution in [0.5, 0.6) is 0 Å². The van der Waals surface area contributed by atoms with Crippen LogP contribution in [0.2, 0.25) is 0 Å². The number of hydrogen-bond donors (Lipinski definition) is 2. The molecule has 1 aromatic heterocycles. The molecule has 1 saturated heterocycles. The monoisotopic (exact) mass is 253 g/mol. The molecule has 5 heteroatoms. The zero-order chi connectivity index (χ0) is 13.0. The smallest absolute Gasteiger partial charge is 0.0951 e. The number of rotatable bonds is 5. The average molecular weight is 253 g/mol. The van der Waals surface area contributed by atoms with Crippen LogP contribution in [0.4, 0.5) is 0 Å². The maximum Gasteiger partial charge on any atom is 0.0951 e. The minimum Gasteiger partial charge on any atom is -0.388 e. The Morgan fingerprint density at radius 1 is 1.50 bits per heavy atom. The largest absolute Gasteiger partial charge is 0.388 e. The first-order valence-corrected chi connectivity index (χ1v) is 6.62. The molecule has 0 aliphatic carbocycles. The van der Waals surface area contributed by atoms with E-state index in [1.165, 1.54) is 0 Å². The molecule has 0 saturated carbocycles. The minimum atomic E-state index is -0.610. The molecule has 0 radical (unpaired) electrons. The van der Waals surface area contributed by atoms with Gasteiger partial charge in [-0.1, -0.05) is 0 Å². The van der Waals surface area contributed by atoms with Crippen LogP contribution in [0.1, 0.15) is 38.4 Å². The number of aromatic nitrogens is 2. The molecule has 2 rings (SSSR count). The van der Waals surface area contributed by atoms with Crippen LogP contribution < -0.4 is 5.32 Å². The summed E-state index contributed by atoms with van der Waals surface area (Å²) in [5, 5.41) is 13.6. The first-order chi connectivity index (χ1) is 8.61. The maximum atomic E-state index is 10.3. The number of aliphatic hydroxyl groups is 1. The van der Waals surface area contributed by atoms with Gasteiger partial charge in [-0.15, -0.1) is 0 Å². The average Bonchev–Trinajstić information content (AvgIpc) is 2.78. The molecule has 102 valence electrons. The summed E-state index contributed by atoms with van der Waals surface area (Å²) in [5.74, 6) is 0. The van der Waals surface area contributed by atoms with Gasteiger partial charge in [-0.05, 0) is 13.8 Å². The lowest BCUT2D eigenvalue weighted by Crippen LogP contribution is -2.44. The van der Waals surface area contributed by atoms with Crippen molar-refractivity contribution in [2.75, 3.05) is 19.8 Å². The van der Waals surface area contributed by atoms with Gasteiger partial charge in [0.15, 0.2) is 0 Å². The quantitative estimate of drug-likeness (QED) is 0.825. The van der Waals surface area contributed by atoms with Crippen molar-refractivity contribution in [3.05, 3.63) is 18.2 Å². The fraction of sp³-hybridized carbons (Fsp3) is 0.769. The third kappa shape index (κ3) is 3.31. The van der Waals surface area contributed by atoms with Gasteiger partial charge in [-0.2, -0.15) is 0 Å². The van der Waals surface area contributed by atoms with Crippen molar-refractivity contribution >= 4 is 0 Å². The molecule has 0 spiro atoms. The van der Waals surface area contributed by atoms with Crippen molar-refractivity contribution in [3.63, 3.8) is 0 Å². The van der Waals surface area contributed by atoms with Crippen LogP contribution in [-0.4, -0.2) is 40.0 Å². The molecular weight excluding hydrogens is 230 g/mol. The van der Waals surface area contributed by atoms with Gasteiger partial charge in [0.05, 0.1) is 17.6 Å². The Hall–Kier alpha value is -0.910. The van der Waals surface area contributed by atoms with Gasteiger partial charge >= 0.3 is 0 Å². The Labute approximate surface area is 108 Å². The van der Waals surface area contributed by atoms with E-state index in [1.807, 2.05) is 12.5 Å². The zero-order valence-corrected chi connectivity index (χ0v) is 11.2. The van der Waals surface area contributed by atoms with E-state index >= 15 is 0 Å². The lowest BCUT2D eigenvalue weighted by molar-refractivity contribution is -0.0617. The van der Waals surface area contributed by atoms with Gasteiger partial charge in [0, 0.05) is 51.4 Å². The van der Waals surface area contributed by atoms with E-state index in [1.54, 1.807) is 0 Å². The van der Waals surface area contributed by atoms with Crippen molar-refractivity contribution in [1.82, 2.24) is 14.9 Å². The first-order valence-electron chi connectivity index (χ1n) is 6.62. The van der Waals surface area contributed by atoms with E-state index in [0.29, 0.717) is 38.6 Å². The van der Waals surface area contributed by atoms with Crippen molar-refractivity contribution < 1.29 is 9.84 Å². The molecule has 1 fully saturated rings. The molecule has 2 heterocycles. The predicted molar refractivity (Wildman–Crippen MR) is 69.3 cm³/mol. The first kappa shape index (κ1) is 13.5. The Morgan fingerprint density at radius 3 is 2.89 bits per heavy atom. The number of imidazole rings is 1. The molecule has 1 aromatic rings. The van der Waals surface area contributed by atoms with E-state index in [-0.39, 0.29) is 0 Å². The highest BCUT2D eigenvalue weighted by atomic mass is 16.5. The summed E-state index contributed by atoms with van der Waals surface area (Å²) in [4.78, 5) is 4.17. The van der Waals surface area contributed by atoms with Crippen molar-refractivity contribution in [2.24, 2.45) is 0 Å². The summed E-state index contributed by atoms with van der Waals surface area (Å²) in [6.07, 6.45) is 5.15. The van der Waals surface area contributed by atoms with Gasteiger partial charge in [0.1, 0.15) is 0 Å². The van der Waals surface area contributed by atoms with Gasteiger partial charge in [-0.3, -0.25) is 0 Å². The highest BCUT2D eigenvalue weighted by Gasteiger charge is 2.29. The van der Waals surface area contributed by atoms with E-state index < -0.39 is 5.60 Å². The highest BCUT2D eigenvalue weighted by Crippen LogP contribution is 2.19. The number of hydrogen-bond acceptors (Lipinski definition) is 4. The van der Waals surface area contributed by atoms with Crippen molar-refractivity contribution in [1.29, 1.82) is 0 Å². The fourth-order valence-electron chi connectivity index (χ4n) is 2.29. The standard InChI is InChI=1S/C13H23N3O2/c1-11(2)16-10-15-8-12(16)7-14-9-13(17)3-5-18-6-4-13/h8,10-11,14,17H,3-7,9H2,1-2H3. The van der Waals surface area contributed by atoms with E-state index in [0.717, 1.165) is 12.2 Å². The molecular formula is C13H23N3O2. The number of nitrogens with one attached hydrogen (secondary N) is 1. The molecule has 2 N–H and O–H groups in total. The zero-order valence-electron chi connectivity index (χ0n) is 11.2. The molecule has 0 amide bonds. The van der Waals surface area contributed by atoms with E-state index in [4.69, 9.17) is 4.74 Å². The SMILES string of the molecule is CC(C)n1cncc1CNCC1(O)CCOCC1. The van der Waals surface area contributed by atoms with Crippen LogP contribution in [0, 0.1) is 0 Å². The Balaban J connectivity index is 1.82. The summed E-state index contributed by atoms with van der Waals surface area (Å²) in [5.41, 5.74) is 0.543. The van der Waals surface area contributed by atoms with Crippen LogP contribution in [0.3, 0.4) is 0 Å². The third-order valence-corrected chi connectivity index (χ3v) is 3.49. The second-order valence-electron chi connectivity index (χ2n) is 5.33. The molecule has 18 heavy (non-hydrogen) atoms. The van der Waals surface area contributed by atoms with Crippen LogP contribution in [-0.2, 0) is 11.3 Å². The summed E-state index contributed by atoms with van der Waals surface area (Å²) in [7, 11) is 0. The number of ether oxygens (including phenoxy) is 1. The Bertz CT molecular complexity index is 370. The molecule has 5 nitrogen and oxygen atoms in total.